The van der Waals surface area contributed by atoms with E-state index in [-0.39, 0.29) is 5.75 Å². The Balaban J connectivity index is 1.49. The molecule has 1 fully saturated rings. The van der Waals surface area contributed by atoms with Crippen LogP contribution in [0.1, 0.15) is 24.1 Å². The van der Waals surface area contributed by atoms with Crippen molar-refractivity contribution >= 4 is 44.5 Å². The second-order valence-corrected chi connectivity index (χ2v) is 10.4. The Bertz CT molecular complexity index is 1350. The highest BCUT2D eigenvalue weighted by molar-refractivity contribution is 7.90. The zero-order valence-corrected chi connectivity index (χ0v) is 20.0. The molecule has 0 saturated heterocycles. The minimum Gasteiger partial charge on any atom is -0.391 e. The Morgan fingerprint density at radius 2 is 2.09 bits per heavy atom. The zero-order chi connectivity index (χ0) is 23.6. The first-order valence-corrected chi connectivity index (χ1v) is 12.7. The van der Waals surface area contributed by atoms with E-state index in [2.05, 4.69) is 15.1 Å². The van der Waals surface area contributed by atoms with Crippen LogP contribution in [0.5, 0.6) is 0 Å². The highest BCUT2D eigenvalue weighted by Gasteiger charge is 2.20. The lowest BCUT2D eigenvalue weighted by Crippen LogP contribution is -2.30. The number of hydrogen-bond acceptors (Lipinski definition) is 5. The lowest BCUT2D eigenvalue weighted by molar-refractivity contribution is -0.114. The molecular formula is C23H26ClN5O3S. The molecule has 174 valence electrons. The van der Waals surface area contributed by atoms with Crippen molar-refractivity contribution in [1.29, 1.82) is 0 Å². The van der Waals surface area contributed by atoms with Crippen molar-refractivity contribution in [1.82, 2.24) is 24.4 Å². The van der Waals surface area contributed by atoms with Crippen LogP contribution < -0.4 is 10.0 Å². The minimum absolute atomic E-state index is 0.280. The fraction of sp³-hybridized carbons (Fsp3) is 0.304. The number of halogens is 1. The molecule has 0 atom stereocenters. The van der Waals surface area contributed by atoms with Crippen molar-refractivity contribution in [2.45, 2.75) is 19.8 Å². The van der Waals surface area contributed by atoms with E-state index in [1.54, 1.807) is 17.0 Å². The SMILES string of the molecule is Cc1nn(C)c(-n2ccc3ccc(Cl)cc32)c1/C=C/C(=O)NS(=O)(=O)CC=CNCC1CC1. The van der Waals surface area contributed by atoms with Crippen LogP contribution in [0.4, 0.5) is 0 Å². The molecule has 2 heterocycles. The van der Waals surface area contributed by atoms with Crippen LogP contribution in [0, 0.1) is 12.8 Å². The van der Waals surface area contributed by atoms with Crippen LogP contribution in [-0.4, -0.2) is 41.0 Å². The summed E-state index contributed by atoms with van der Waals surface area (Å²) >= 11 is 6.19. The molecule has 10 heteroatoms. The molecule has 1 saturated carbocycles. The zero-order valence-electron chi connectivity index (χ0n) is 18.5. The number of sulfonamides is 1. The van der Waals surface area contributed by atoms with Crippen LogP contribution in [0.2, 0.25) is 5.02 Å². The van der Waals surface area contributed by atoms with Crippen LogP contribution >= 0.6 is 11.6 Å². The number of fused-ring (bicyclic) bond motifs is 1. The smallest absolute Gasteiger partial charge is 0.257 e. The molecule has 33 heavy (non-hydrogen) atoms. The van der Waals surface area contributed by atoms with Crippen molar-refractivity contribution in [3.63, 3.8) is 0 Å². The number of aromatic nitrogens is 3. The lowest BCUT2D eigenvalue weighted by Gasteiger charge is -2.08. The van der Waals surface area contributed by atoms with E-state index in [9.17, 15) is 13.2 Å². The standard InChI is InChI=1S/C23H26ClN5O3S/c1-16-20(8-9-22(30)27-33(31,32)13-3-11-25-15-17-4-5-17)23(28(2)26-16)29-12-10-18-6-7-19(24)14-21(18)29/h3,6-12,14,17,25H,4-5,13,15H2,1-2H3,(H,27,30)/b9-8+,11-3?. The molecule has 1 aliphatic carbocycles. The number of nitrogens with one attached hydrogen (secondary N) is 2. The first-order valence-electron chi connectivity index (χ1n) is 10.6. The second-order valence-electron chi connectivity index (χ2n) is 8.17. The summed E-state index contributed by atoms with van der Waals surface area (Å²) in [6.45, 7) is 2.68. The molecule has 1 aromatic carbocycles. The van der Waals surface area contributed by atoms with Gasteiger partial charge in [-0.25, -0.2) is 13.1 Å². The first kappa shape index (κ1) is 23.1. The number of hydrogen-bond donors (Lipinski definition) is 2. The van der Waals surface area contributed by atoms with E-state index >= 15 is 0 Å². The Hall–Kier alpha value is -3.04. The molecule has 0 radical (unpaired) electrons. The van der Waals surface area contributed by atoms with Gasteiger partial charge in [0.05, 0.1) is 17.0 Å². The summed E-state index contributed by atoms with van der Waals surface area (Å²) in [7, 11) is -1.97. The third-order valence-corrected chi connectivity index (χ3v) is 6.81. The Labute approximate surface area is 198 Å². The van der Waals surface area contributed by atoms with Crippen LogP contribution in [0.25, 0.3) is 22.8 Å². The minimum atomic E-state index is -3.78. The van der Waals surface area contributed by atoms with Crippen LogP contribution in [0.15, 0.2) is 48.8 Å². The maximum absolute atomic E-state index is 12.3. The molecule has 0 bridgehead atoms. The van der Waals surface area contributed by atoms with Gasteiger partial charge in [-0.3, -0.25) is 9.48 Å². The van der Waals surface area contributed by atoms with Gasteiger partial charge in [-0.15, -0.1) is 0 Å². The number of carbonyl (C=O) groups is 1. The van der Waals surface area contributed by atoms with Gasteiger partial charge in [0.25, 0.3) is 5.91 Å². The van der Waals surface area contributed by atoms with Gasteiger partial charge >= 0.3 is 0 Å². The summed E-state index contributed by atoms with van der Waals surface area (Å²) in [5, 5.41) is 9.16. The van der Waals surface area contributed by atoms with Crippen molar-refractivity contribution in [2.24, 2.45) is 13.0 Å². The molecule has 4 rings (SSSR count). The fourth-order valence-electron chi connectivity index (χ4n) is 3.63. The van der Waals surface area contributed by atoms with Crippen molar-refractivity contribution in [3.05, 3.63) is 65.1 Å². The van der Waals surface area contributed by atoms with Gasteiger partial charge in [-0.1, -0.05) is 23.7 Å². The normalized spacial score (nSPS) is 14.5. The molecule has 2 aromatic heterocycles. The summed E-state index contributed by atoms with van der Waals surface area (Å²) < 4.78 is 30.1. The molecule has 0 aliphatic heterocycles. The van der Waals surface area contributed by atoms with Crippen LogP contribution in [0.3, 0.4) is 0 Å². The Morgan fingerprint density at radius 1 is 1.30 bits per heavy atom. The number of rotatable bonds is 9. The summed E-state index contributed by atoms with van der Waals surface area (Å²) in [5.74, 6) is 0.432. The van der Waals surface area contributed by atoms with Gasteiger partial charge in [0.15, 0.2) is 0 Å². The molecule has 1 amide bonds. The highest BCUT2D eigenvalue weighted by atomic mass is 35.5. The van der Waals surface area contributed by atoms with Crippen molar-refractivity contribution in [3.8, 4) is 5.82 Å². The van der Waals surface area contributed by atoms with Gasteiger partial charge < -0.3 is 9.88 Å². The molecule has 1 aliphatic rings. The third-order valence-electron chi connectivity index (χ3n) is 5.43. The average molecular weight is 488 g/mol. The summed E-state index contributed by atoms with van der Waals surface area (Å²) in [6.07, 6.45) is 10.2. The molecule has 0 unspecified atom stereocenters. The first-order chi connectivity index (χ1) is 15.7. The van der Waals surface area contributed by atoms with Gasteiger partial charge in [0.1, 0.15) is 5.82 Å². The maximum Gasteiger partial charge on any atom is 0.257 e. The highest BCUT2D eigenvalue weighted by Crippen LogP contribution is 2.28. The fourth-order valence-corrected chi connectivity index (χ4v) is 4.61. The quantitative estimate of drug-likeness (QED) is 0.451. The summed E-state index contributed by atoms with van der Waals surface area (Å²) in [4.78, 5) is 12.3. The van der Waals surface area contributed by atoms with E-state index < -0.39 is 15.9 Å². The Morgan fingerprint density at radius 3 is 2.85 bits per heavy atom. The van der Waals surface area contributed by atoms with Crippen molar-refractivity contribution < 1.29 is 13.2 Å². The third kappa shape index (κ3) is 5.66. The van der Waals surface area contributed by atoms with Gasteiger partial charge in [0.2, 0.25) is 10.0 Å². The number of benzene rings is 1. The Kier molecular flexibility index (Phi) is 6.62. The maximum atomic E-state index is 12.3. The largest absolute Gasteiger partial charge is 0.391 e. The average Bonchev–Trinajstić information content (AvgIpc) is 3.41. The van der Waals surface area contributed by atoms with Gasteiger partial charge in [0, 0.05) is 41.8 Å². The predicted molar refractivity (Wildman–Crippen MR) is 131 cm³/mol. The molecule has 3 aromatic rings. The summed E-state index contributed by atoms with van der Waals surface area (Å²) in [6, 6.07) is 7.58. The van der Waals surface area contributed by atoms with Gasteiger partial charge in [-0.05, 0) is 56.2 Å². The summed E-state index contributed by atoms with van der Waals surface area (Å²) in [5.41, 5.74) is 2.30. The number of nitrogens with zero attached hydrogens (tertiary/aromatic N) is 3. The monoisotopic (exact) mass is 487 g/mol. The van der Waals surface area contributed by atoms with Crippen molar-refractivity contribution in [2.75, 3.05) is 12.3 Å². The van der Waals surface area contributed by atoms with Gasteiger partial charge in [-0.2, -0.15) is 5.10 Å². The second kappa shape index (κ2) is 9.44. The van der Waals surface area contributed by atoms with E-state index in [4.69, 9.17) is 11.6 Å². The van der Waals surface area contributed by atoms with E-state index in [1.807, 2.05) is 49.0 Å². The molecule has 2 N–H and O–H groups in total. The van der Waals surface area contributed by atoms with Crippen LogP contribution in [-0.2, 0) is 21.9 Å². The number of aryl methyl sites for hydroxylation is 2. The topological polar surface area (TPSA) is 98.0 Å². The molecule has 8 nitrogen and oxygen atoms in total. The molecular weight excluding hydrogens is 462 g/mol. The van der Waals surface area contributed by atoms with E-state index in [0.717, 1.165) is 23.3 Å². The predicted octanol–water partition coefficient (Wildman–Crippen LogP) is 3.30. The van der Waals surface area contributed by atoms with E-state index in [0.29, 0.717) is 22.2 Å². The number of amides is 1. The lowest BCUT2D eigenvalue weighted by atomic mass is 10.2. The molecule has 0 spiro atoms. The number of carbonyl (C=O) groups excluding carboxylic acids is 1. The van der Waals surface area contributed by atoms with E-state index in [1.165, 1.54) is 25.0 Å².